The lowest BCUT2D eigenvalue weighted by Gasteiger charge is -2.14. The van der Waals surface area contributed by atoms with E-state index in [4.69, 9.17) is 5.73 Å². The van der Waals surface area contributed by atoms with Gasteiger partial charge in [-0.1, -0.05) is 0 Å². The number of hydrogen-bond donors (Lipinski definition) is 1. The number of primary amides is 1. The molecule has 1 aromatic heterocycles. The number of amides is 2. The van der Waals surface area contributed by atoms with Gasteiger partial charge < -0.3 is 10.6 Å². The van der Waals surface area contributed by atoms with Crippen molar-refractivity contribution in [2.45, 2.75) is 12.8 Å². The van der Waals surface area contributed by atoms with E-state index >= 15 is 0 Å². The highest BCUT2D eigenvalue weighted by Gasteiger charge is 2.24. The van der Waals surface area contributed by atoms with Crippen LogP contribution in [0.4, 0.5) is 0 Å². The van der Waals surface area contributed by atoms with Gasteiger partial charge in [-0.25, -0.2) is 0 Å². The van der Waals surface area contributed by atoms with Crippen molar-refractivity contribution in [3.8, 4) is 0 Å². The maximum Gasteiger partial charge on any atom is 0.272 e. The summed E-state index contributed by atoms with van der Waals surface area (Å²) in [4.78, 5) is 24.6. The molecule has 16 heavy (non-hydrogen) atoms. The maximum absolute atomic E-state index is 12.0. The molecule has 1 saturated heterocycles. The fraction of sp³-hybridized carbons (Fsp3) is 0.500. The van der Waals surface area contributed by atoms with E-state index < -0.39 is 5.91 Å². The second kappa shape index (κ2) is 3.96. The molecular formula is C10H13N4O2. The van der Waals surface area contributed by atoms with Gasteiger partial charge in [0.15, 0.2) is 5.69 Å². The van der Waals surface area contributed by atoms with Crippen molar-refractivity contribution in [2.24, 2.45) is 12.8 Å². The highest BCUT2D eigenvalue weighted by molar-refractivity contribution is 5.96. The second-order valence-electron chi connectivity index (χ2n) is 3.81. The number of carbonyl (C=O) groups is 2. The minimum absolute atomic E-state index is 0.00467. The van der Waals surface area contributed by atoms with Gasteiger partial charge >= 0.3 is 0 Å². The number of rotatable bonds is 2. The first-order chi connectivity index (χ1) is 7.59. The number of nitrogens with zero attached hydrogens (tertiary/aromatic N) is 3. The fourth-order valence-electron chi connectivity index (χ4n) is 1.79. The van der Waals surface area contributed by atoms with Crippen molar-refractivity contribution >= 4 is 11.8 Å². The minimum atomic E-state index is -0.670. The zero-order chi connectivity index (χ0) is 11.7. The van der Waals surface area contributed by atoms with Crippen LogP contribution in [0.1, 0.15) is 33.8 Å². The quantitative estimate of drug-likeness (QED) is 0.734. The fourth-order valence-corrected chi connectivity index (χ4v) is 1.79. The smallest absolute Gasteiger partial charge is 0.272 e. The molecule has 0 saturated carbocycles. The molecule has 6 heteroatoms. The summed E-state index contributed by atoms with van der Waals surface area (Å²) in [5.41, 5.74) is 5.37. The molecule has 0 spiro atoms. The van der Waals surface area contributed by atoms with E-state index in [0.717, 1.165) is 25.9 Å². The molecule has 85 valence electrons. The Hall–Kier alpha value is -1.85. The molecule has 2 heterocycles. The van der Waals surface area contributed by atoms with Crippen LogP contribution in [-0.4, -0.2) is 39.6 Å². The standard InChI is InChI=1S/C10H13N4O2/c1-13-8(6-7(12-13)9(11)15)10(16)14-4-2-3-5-14/h2-5H2,1H3,(H2,11,15). The van der Waals surface area contributed by atoms with Crippen LogP contribution in [-0.2, 0) is 7.05 Å². The highest BCUT2D eigenvalue weighted by atomic mass is 16.2. The minimum Gasteiger partial charge on any atom is -0.364 e. The summed E-state index contributed by atoms with van der Waals surface area (Å²) >= 11 is 0. The monoisotopic (exact) mass is 221 g/mol. The number of nitrogens with two attached hydrogens (primary N) is 1. The molecule has 0 aliphatic carbocycles. The van der Waals surface area contributed by atoms with E-state index in [0.29, 0.717) is 0 Å². The Morgan fingerprint density at radius 3 is 2.50 bits per heavy atom. The lowest BCUT2D eigenvalue weighted by Crippen LogP contribution is -2.29. The zero-order valence-electron chi connectivity index (χ0n) is 9.06. The molecule has 1 aliphatic rings. The van der Waals surface area contributed by atoms with E-state index in [-0.39, 0.29) is 17.3 Å². The molecule has 1 radical (unpaired) electrons. The Kier molecular flexibility index (Phi) is 2.64. The van der Waals surface area contributed by atoms with Gasteiger partial charge in [0, 0.05) is 20.1 Å². The summed E-state index contributed by atoms with van der Waals surface area (Å²) in [5, 5.41) is 3.84. The molecule has 2 rings (SSSR count). The SMILES string of the molecule is Cn1nc(C(N)=O)[c]c1C(=O)N1CCCC1. The molecule has 0 aromatic carbocycles. The topological polar surface area (TPSA) is 81.2 Å². The molecule has 6 nitrogen and oxygen atoms in total. The van der Waals surface area contributed by atoms with Crippen molar-refractivity contribution in [1.82, 2.24) is 14.7 Å². The molecule has 0 unspecified atom stereocenters. The van der Waals surface area contributed by atoms with E-state index in [1.807, 2.05) is 0 Å². The average Bonchev–Trinajstić information content (AvgIpc) is 2.84. The van der Waals surface area contributed by atoms with Crippen LogP contribution in [0.15, 0.2) is 0 Å². The number of likely N-dealkylation sites (tertiary alicyclic amines) is 1. The van der Waals surface area contributed by atoms with Crippen molar-refractivity contribution in [1.29, 1.82) is 0 Å². The maximum atomic E-state index is 12.0. The van der Waals surface area contributed by atoms with Gasteiger partial charge in [-0.05, 0) is 12.8 Å². The third-order valence-electron chi connectivity index (χ3n) is 2.64. The second-order valence-corrected chi connectivity index (χ2v) is 3.81. The number of aryl methyl sites for hydroxylation is 1. The summed E-state index contributed by atoms with van der Waals surface area (Å²) in [6, 6.07) is 2.64. The van der Waals surface area contributed by atoms with Crippen molar-refractivity contribution in [2.75, 3.05) is 13.1 Å². The lowest BCUT2D eigenvalue weighted by molar-refractivity contribution is 0.0781. The van der Waals surface area contributed by atoms with Gasteiger partial charge in [0.25, 0.3) is 11.8 Å². The first kappa shape index (κ1) is 10.7. The summed E-state index contributed by atoms with van der Waals surface area (Å²) in [5.74, 6) is -0.809. The average molecular weight is 221 g/mol. The van der Waals surface area contributed by atoms with Crippen molar-refractivity contribution < 1.29 is 9.59 Å². The summed E-state index contributed by atoms with van der Waals surface area (Å²) < 4.78 is 1.35. The number of aromatic nitrogens is 2. The molecule has 2 N–H and O–H groups in total. The van der Waals surface area contributed by atoms with E-state index in [1.54, 1.807) is 11.9 Å². The Balaban J connectivity index is 2.25. The number of hydrogen-bond acceptors (Lipinski definition) is 3. The van der Waals surface area contributed by atoms with Crippen LogP contribution in [0, 0.1) is 6.07 Å². The largest absolute Gasteiger partial charge is 0.364 e. The van der Waals surface area contributed by atoms with E-state index in [1.165, 1.54) is 4.68 Å². The predicted molar refractivity (Wildman–Crippen MR) is 55.7 cm³/mol. The van der Waals surface area contributed by atoms with Gasteiger partial charge in [0.2, 0.25) is 0 Å². The molecule has 0 atom stereocenters. The van der Waals surface area contributed by atoms with Crippen LogP contribution in [0.25, 0.3) is 0 Å². The summed E-state index contributed by atoms with van der Waals surface area (Å²) in [7, 11) is 1.60. The van der Waals surface area contributed by atoms with E-state index in [2.05, 4.69) is 11.2 Å². The van der Waals surface area contributed by atoms with Gasteiger partial charge in [-0.15, -0.1) is 0 Å². The molecule has 0 bridgehead atoms. The van der Waals surface area contributed by atoms with Crippen LogP contribution in [0.2, 0.25) is 0 Å². The van der Waals surface area contributed by atoms with Crippen molar-refractivity contribution in [3.63, 3.8) is 0 Å². The van der Waals surface area contributed by atoms with Gasteiger partial charge in [-0.3, -0.25) is 14.3 Å². The van der Waals surface area contributed by atoms with Crippen LogP contribution in [0.3, 0.4) is 0 Å². The number of carbonyl (C=O) groups excluding carboxylic acids is 2. The van der Waals surface area contributed by atoms with Crippen LogP contribution >= 0.6 is 0 Å². The molecule has 1 aliphatic heterocycles. The third kappa shape index (κ3) is 1.78. The first-order valence-corrected chi connectivity index (χ1v) is 5.15. The molecule has 1 fully saturated rings. The summed E-state index contributed by atoms with van der Waals surface area (Å²) in [6.45, 7) is 1.51. The van der Waals surface area contributed by atoms with Crippen LogP contribution < -0.4 is 5.73 Å². The molecule has 1 aromatic rings. The van der Waals surface area contributed by atoms with Crippen LogP contribution in [0.5, 0.6) is 0 Å². The Labute approximate surface area is 93.0 Å². The molecular weight excluding hydrogens is 208 g/mol. The predicted octanol–water partition coefficient (Wildman–Crippen LogP) is -0.445. The molecule has 2 amide bonds. The Morgan fingerprint density at radius 1 is 1.38 bits per heavy atom. The highest BCUT2D eigenvalue weighted by Crippen LogP contribution is 2.12. The third-order valence-corrected chi connectivity index (χ3v) is 2.64. The van der Waals surface area contributed by atoms with Gasteiger partial charge in [0.05, 0.1) is 6.07 Å². The first-order valence-electron chi connectivity index (χ1n) is 5.15. The summed E-state index contributed by atoms with van der Waals surface area (Å²) in [6.07, 6.45) is 2.04. The normalized spacial score (nSPS) is 15.4. The van der Waals surface area contributed by atoms with Gasteiger partial charge in [0.1, 0.15) is 5.69 Å². The lowest BCUT2D eigenvalue weighted by atomic mass is 10.3. The van der Waals surface area contributed by atoms with Crippen molar-refractivity contribution in [3.05, 3.63) is 17.5 Å². The zero-order valence-corrected chi connectivity index (χ0v) is 9.06. The van der Waals surface area contributed by atoms with Gasteiger partial charge in [-0.2, -0.15) is 5.10 Å². The van der Waals surface area contributed by atoms with E-state index in [9.17, 15) is 9.59 Å². The Morgan fingerprint density at radius 2 is 2.00 bits per heavy atom. The Bertz CT molecular complexity index is 432.